The Hall–Kier alpha value is -1.19. The highest BCUT2D eigenvalue weighted by atomic mass is 19.4. The zero-order valence-electron chi connectivity index (χ0n) is 12.1. The summed E-state index contributed by atoms with van der Waals surface area (Å²) in [6.45, 7) is 5.04. The normalized spacial score (nSPS) is 19.6. The van der Waals surface area contributed by atoms with E-state index in [-0.39, 0.29) is 5.92 Å². The fraction of sp³-hybridized carbons (Fsp3) is 0.625. The summed E-state index contributed by atoms with van der Waals surface area (Å²) >= 11 is 0. The molecule has 1 heterocycles. The molecule has 0 saturated carbocycles. The molecule has 1 aliphatic heterocycles. The van der Waals surface area contributed by atoms with Gasteiger partial charge in [0, 0.05) is 18.2 Å². The van der Waals surface area contributed by atoms with Crippen molar-refractivity contribution in [1.82, 2.24) is 0 Å². The Labute approximate surface area is 118 Å². The highest BCUT2D eigenvalue weighted by Gasteiger charge is 2.34. The highest BCUT2D eigenvalue weighted by Crippen LogP contribution is 2.42. The standard InChI is InChI=1S/C16H22F3N/c1-3-5-6-11(4-2)14-10-20-15-8-7-12(9-13(14)15)16(17,18)19/h7-9,11,14,20H,3-6,10H2,1-2H3. The van der Waals surface area contributed by atoms with Crippen LogP contribution in [0.15, 0.2) is 18.2 Å². The molecule has 0 saturated heterocycles. The van der Waals surface area contributed by atoms with Gasteiger partial charge >= 0.3 is 6.18 Å². The number of fused-ring (bicyclic) bond motifs is 1. The van der Waals surface area contributed by atoms with Crippen molar-refractivity contribution in [2.24, 2.45) is 5.92 Å². The van der Waals surface area contributed by atoms with Crippen molar-refractivity contribution in [1.29, 1.82) is 0 Å². The van der Waals surface area contributed by atoms with E-state index in [0.717, 1.165) is 43.5 Å². The molecule has 2 unspecified atom stereocenters. The summed E-state index contributed by atoms with van der Waals surface area (Å²) in [6, 6.07) is 4.08. The minimum Gasteiger partial charge on any atom is -0.384 e. The second-order valence-electron chi connectivity index (χ2n) is 5.60. The van der Waals surface area contributed by atoms with Gasteiger partial charge < -0.3 is 5.32 Å². The van der Waals surface area contributed by atoms with Crippen molar-refractivity contribution in [3.8, 4) is 0 Å². The largest absolute Gasteiger partial charge is 0.416 e. The number of unbranched alkanes of at least 4 members (excludes halogenated alkanes) is 1. The quantitative estimate of drug-likeness (QED) is 0.760. The van der Waals surface area contributed by atoms with E-state index in [9.17, 15) is 13.2 Å². The molecular weight excluding hydrogens is 263 g/mol. The van der Waals surface area contributed by atoms with Gasteiger partial charge in [-0.05, 0) is 36.1 Å². The van der Waals surface area contributed by atoms with Gasteiger partial charge in [-0.15, -0.1) is 0 Å². The van der Waals surface area contributed by atoms with Crippen molar-refractivity contribution in [2.45, 2.75) is 51.6 Å². The molecule has 0 spiro atoms. The molecule has 0 bridgehead atoms. The first-order chi connectivity index (χ1) is 9.47. The summed E-state index contributed by atoms with van der Waals surface area (Å²) in [5, 5.41) is 3.25. The second kappa shape index (κ2) is 6.06. The minimum absolute atomic E-state index is 0.212. The van der Waals surface area contributed by atoms with Gasteiger partial charge in [0.05, 0.1) is 5.56 Å². The monoisotopic (exact) mass is 285 g/mol. The van der Waals surface area contributed by atoms with Crippen LogP contribution in [-0.4, -0.2) is 6.54 Å². The number of nitrogens with one attached hydrogen (secondary N) is 1. The van der Waals surface area contributed by atoms with Gasteiger partial charge in [-0.1, -0.05) is 33.1 Å². The second-order valence-corrected chi connectivity index (χ2v) is 5.60. The third-order valence-corrected chi connectivity index (χ3v) is 4.31. The van der Waals surface area contributed by atoms with Crippen LogP contribution in [0, 0.1) is 5.92 Å². The lowest BCUT2D eigenvalue weighted by molar-refractivity contribution is -0.137. The fourth-order valence-corrected chi connectivity index (χ4v) is 3.11. The number of rotatable bonds is 5. The van der Waals surface area contributed by atoms with E-state index in [0.29, 0.717) is 5.92 Å². The molecule has 1 nitrogen and oxygen atoms in total. The van der Waals surface area contributed by atoms with Gasteiger partial charge in [0.2, 0.25) is 0 Å². The van der Waals surface area contributed by atoms with Crippen LogP contribution in [0.2, 0.25) is 0 Å². The van der Waals surface area contributed by atoms with Crippen LogP contribution >= 0.6 is 0 Å². The van der Waals surface area contributed by atoms with Gasteiger partial charge in [-0.3, -0.25) is 0 Å². The summed E-state index contributed by atoms with van der Waals surface area (Å²) < 4.78 is 38.5. The molecule has 0 amide bonds. The Kier molecular flexibility index (Phi) is 4.61. The van der Waals surface area contributed by atoms with Crippen LogP contribution < -0.4 is 5.32 Å². The lowest BCUT2D eigenvalue weighted by Crippen LogP contribution is -2.15. The zero-order chi connectivity index (χ0) is 14.8. The Morgan fingerprint density at radius 3 is 2.65 bits per heavy atom. The topological polar surface area (TPSA) is 12.0 Å². The molecule has 1 aliphatic rings. The minimum atomic E-state index is -4.26. The van der Waals surface area contributed by atoms with Crippen LogP contribution in [0.25, 0.3) is 0 Å². The smallest absolute Gasteiger partial charge is 0.384 e. The van der Waals surface area contributed by atoms with Crippen LogP contribution in [0.4, 0.5) is 18.9 Å². The van der Waals surface area contributed by atoms with Gasteiger partial charge in [-0.25, -0.2) is 0 Å². The van der Waals surface area contributed by atoms with E-state index < -0.39 is 11.7 Å². The van der Waals surface area contributed by atoms with E-state index in [4.69, 9.17) is 0 Å². The molecule has 20 heavy (non-hydrogen) atoms. The summed E-state index contributed by atoms with van der Waals surface area (Å²) in [7, 11) is 0. The molecule has 1 N–H and O–H groups in total. The van der Waals surface area contributed by atoms with Crippen molar-refractivity contribution in [2.75, 3.05) is 11.9 Å². The van der Waals surface area contributed by atoms with Gasteiger partial charge in [-0.2, -0.15) is 13.2 Å². The fourth-order valence-electron chi connectivity index (χ4n) is 3.11. The third-order valence-electron chi connectivity index (χ3n) is 4.31. The van der Waals surface area contributed by atoms with Crippen molar-refractivity contribution in [3.63, 3.8) is 0 Å². The molecule has 2 rings (SSSR count). The van der Waals surface area contributed by atoms with E-state index in [2.05, 4.69) is 19.2 Å². The maximum Gasteiger partial charge on any atom is 0.416 e. The maximum absolute atomic E-state index is 12.8. The Morgan fingerprint density at radius 2 is 2.05 bits per heavy atom. The highest BCUT2D eigenvalue weighted by molar-refractivity contribution is 5.59. The molecular formula is C16H22F3N. The first-order valence-electron chi connectivity index (χ1n) is 7.42. The van der Waals surface area contributed by atoms with E-state index >= 15 is 0 Å². The lowest BCUT2D eigenvalue weighted by atomic mass is 9.82. The zero-order valence-corrected chi connectivity index (χ0v) is 12.1. The molecule has 1 aromatic rings. The van der Waals surface area contributed by atoms with E-state index in [1.807, 2.05) is 0 Å². The van der Waals surface area contributed by atoms with E-state index in [1.54, 1.807) is 6.07 Å². The van der Waals surface area contributed by atoms with Crippen LogP contribution in [0.1, 0.15) is 56.6 Å². The average molecular weight is 285 g/mol. The summed E-state index contributed by atoms with van der Waals surface area (Å²) in [6.07, 6.45) is 0.125. The Bertz CT molecular complexity index is 454. The number of hydrogen-bond acceptors (Lipinski definition) is 1. The summed E-state index contributed by atoms with van der Waals surface area (Å²) in [5.41, 5.74) is 1.19. The average Bonchev–Trinajstić information content (AvgIpc) is 2.82. The predicted molar refractivity (Wildman–Crippen MR) is 76.0 cm³/mol. The van der Waals surface area contributed by atoms with Crippen LogP contribution in [0.5, 0.6) is 0 Å². The van der Waals surface area contributed by atoms with Gasteiger partial charge in [0.25, 0.3) is 0 Å². The van der Waals surface area contributed by atoms with Crippen LogP contribution in [-0.2, 0) is 6.18 Å². The third kappa shape index (κ3) is 3.10. The number of anilines is 1. The van der Waals surface area contributed by atoms with Crippen molar-refractivity contribution in [3.05, 3.63) is 29.3 Å². The Morgan fingerprint density at radius 1 is 1.30 bits per heavy atom. The first-order valence-corrected chi connectivity index (χ1v) is 7.42. The Balaban J connectivity index is 2.25. The van der Waals surface area contributed by atoms with Crippen molar-refractivity contribution >= 4 is 5.69 Å². The molecule has 0 fully saturated rings. The molecule has 1 aromatic carbocycles. The molecule has 0 radical (unpaired) electrons. The molecule has 2 atom stereocenters. The number of halogens is 3. The van der Waals surface area contributed by atoms with E-state index in [1.165, 1.54) is 12.1 Å². The lowest BCUT2D eigenvalue weighted by Gasteiger charge is -2.22. The number of benzene rings is 1. The SMILES string of the molecule is CCCCC(CC)C1CNc2ccc(C(F)(F)F)cc21. The maximum atomic E-state index is 12.8. The van der Waals surface area contributed by atoms with Gasteiger partial charge in [0.15, 0.2) is 0 Å². The molecule has 112 valence electrons. The first kappa shape index (κ1) is 15.2. The molecule has 0 aliphatic carbocycles. The van der Waals surface area contributed by atoms with Crippen LogP contribution in [0.3, 0.4) is 0 Å². The van der Waals surface area contributed by atoms with Gasteiger partial charge in [0.1, 0.15) is 0 Å². The van der Waals surface area contributed by atoms with Crippen molar-refractivity contribution < 1.29 is 13.2 Å². The predicted octanol–water partition coefficient (Wildman–Crippen LogP) is 5.43. The molecule has 4 heteroatoms. The molecule has 0 aromatic heterocycles. The summed E-state index contributed by atoms with van der Waals surface area (Å²) in [4.78, 5) is 0. The number of hydrogen-bond donors (Lipinski definition) is 1. The number of alkyl halides is 3. The summed E-state index contributed by atoms with van der Waals surface area (Å²) in [5.74, 6) is 0.677.